The van der Waals surface area contributed by atoms with Gasteiger partial charge in [0.25, 0.3) is 10.0 Å². The van der Waals surface area contributed by atoms with Crippen molar-refractivity contribution in [1.82, 2.24) is 9.62 Å². The second-order valence-corrected chi connectivity index (χ2v) is 9.34. The molecule has 0 radical (unpaired) electrons. The van der Waals surface area contributed by atoms with Crippen LogP contribution in [-0.2, 0) is 10.0 Å². The van der Waals surface area contributed by atoms with Crippen LogP contribution in [-0.4, -0.2) is 39.4 Å². The molecule has 22 heavy (non-hydrogen) atoms. The van der Waals surface area contributed by atoms with Crippen molar-refractivity contribution in [3.05, 3.63) is 29.3 Å². The van der Waals surface area contributed by atoms with Gasteiger partial charge in [0, 0.05) is 22.8 Å². The number of nitrogens with one attached hydrogen (secondary N) is 1. The third-order valence-corrected chi connectivity index (χ3v) is 7.82. The molecule has 0 aliphatic carbocycles. The van der Waals surface area contributed by atoms with Crippen molar-refractivity contribution in [1.29, 1.82) is 0 Å². The zero-order chi connectivity index (χ0) is 15.7. The number of thiophene rings is 1. The van der Waals surface area contributed by atoms with Crippen LogP contribution in [0.15, 0.2) is 28.5 Å². The Morgan fingerprint density at radius 2 is 2.05 bits per heavy atom. The van der Waals surface area contributed by atoms with Crippen molar-refractivity contribution in [2.45, 2.75) is 17.1 Å². The van der Waals surface area contributed by atoms with Gasteiger partial charge in [-0.2, -0.15) is 4.31 Å². The van der Waals surface area contributed by atoms with Gasteiger partial charge in [-0.3, -0.25) is 0 Å². The van der Waals surface area contributed by atoms with Gasteiger partial charge in [0.05, 0.1) is 0 Å². The molecule has 1 saturated heterocycles. The van der Waals surface area contributed by atoms with Crippen LogP contribution >= 0.6 is 22.9 Å². The van der Waals surface area contributed by atoms with Crippen molar-refractivity contribution in [2.75, 3.05) is 26.7 Å². The van der Waals surface area contributed by atoms with Gasteiger partial charge in [-0.15, -0.1) is 11.3 Å². The maximum absolute atomic E-state index is 12.8. The fraction of sp³-hybridized carbons (Fsp3) is 0.467. The number of benzene rings is 1. The molecule has 2 aromatic rings. The molecule has 0 amide bonds. The first kappa shape index (κ1) is 16.2. The molecule has 0 unspecified atom stereocenters. The van der Waals surface area contributed by atoms with Crippen LogP contribution in [0.4, 0.5) is 0 Å². The van der Waals surface area contributed by atoms with E-state index in [2.05, 4.69) is 5.32 Å². The molecule has 0 atom stereocenters. The van der Waals surface area contributed by atoms with E-state index in [9.17, 15) is 8.42 Å². The van der Waals surface area contributed by atoms with Crippen molar-refractivity contribution < 1.29 is 8.42 Å². The molecule has 1 fully saturated rings. The summed E-state index contributed by atoms with van der Waals surface area (Å²) in [6.45, 7) is 2.16. The summed E-state index contributed by atoms with van der Waals surface area (Å²) in [5, 5.41) is 4.68. The molecule has 2 heterocycles. The first-order chi connectivity index (χ1) is 10.5. The minimum Gasteiger partial charge on any atom is -0.319 e. The van der Waals surface area contributed by atoms with E-state index in [0.717, 1.165) is 29.5 Å². The van der Waals surface area contributed by atoms with Crippen molar-refractivity contribution in [3.63, 3.8) is 0 Å². The molecule has 7 heteroatoms. The van der Waals surface area contributed by atoms with Gasteiger partial charge in [0.2, 0.25) is 0 Å². The SMILES string of the molecule is CNCC1CCN(S(=O)(=O)c2cc3cc(Cl)ccc3s2)CC1. The van der Waals surface area contributed by atoms with E-state index in [0.29, 0.717) is 28.2 Å². The summed E-state index contributed by atoms with van der Waals surface area (Å²) in [6, 6.07) is 7.22. The molecule has 3 rings (SSSR count). The van der Waals surface area contributed by atoms with Crippen LogP contribution in [0.5, 0.6) is 0 Å². The zero-order valence-corrected chi connectivity index (χ0v) is 14.8. The molecule has 1 aliphatic heterocycles. The Labute approximate surface area is 140 Å². The predicted octanol–water partition coefficient (Wildman–Crippen LogP) is 3.17. The molecule has 120 valence electrons. The average Bonchev–Trinajstić information content (AvgIpc) is 2.92. The lowest BCUT2D eigenvalue weighted by Gasteiger charge is -2.30. The van der Waals surface area contributed by atoms with Gasteiger partial charge < -0.3 is 5.32 Å². The van der Waals surface area contributed by atoms with Gasteiger partial charge in [0.1, 0.15) is 4.21 Å². The monoisotopic (exact) mass is 358 g/mol. The van der Waals surface area contributed by atoms with Crippen LogP contribution in [0.1, 0.15) is 12.8 Å². The summed E-state index contributed by atoms with van der Waals surface area (Å²) in [5.41, 5.74) is 0. The van der Waals surface area contributed by atoms with E-state index in [1.807, 2.05) is 19.2 Å². The first-order valence-corrected chi connectivity index (χ1v) is 9.98. The third-order valence-electron chi connectivity index (χ3n) is 4.12. The summed E-state index contributed by atoms with van der Waals surface area (Å²) in [5.74, 6) is 0.567. The van der Waals surface area contributed by atoms with Crippen LogP contribution in [0.2, 0.25) is 5.02 Å². The lowest BCUT2D eigenvalue weighted by molar-refractivity contribution is 0.271. The molecule has 0 spiro atoms. The number of nitrogens with zero attached hydrogens (tertiary/aromatic N) is 1. The molecule has 0 saturated carbocycles. The Balaban J connectivity index is 1.83. The Hall–Kier alpha value is -0.660. The smallest absolute Gasteiger partial charge is 0.252 e. The fourth-order valence-corrected chi connectivity index (χ4v) is 6.07. The first-order valence-electron chi connectivity index (χ1n) is 7.34. The number of piperidine rings is 1. The standard InChI is InChI=1S/C15H19ClN2O2S2/c1-17-10-11-4-6-18(7-5-11)22(19,20)15-9-12-8-13(16)2-3-14(12)21-15/h2-3,8-9,11,17H,4-7,10H2,1H3. The van der Waals surface area contributed by atoms with Crippen LogP contribution < -0.4 is 5.32 Å². The number of hydrogen-bond donors (Lipinski definition) is 1. The fourth-order valence-electron chi connectivity index (χ4n) is 2.89. The van der Waals surface area contributed by atoms with Gasteiger partial charge in [-0.05, 0) is 62.0 Å². The van der Waals surface area contributed by atoms with Gasteiger partial charge in [-0.1, -0.05) is 11.6 Å². The summed E-state index contributed by atoms with van der Waals surface area (Å²) in [7, 11) is -1.45. The highest BCUT2D eigenvalue weighted by Gasteiger charge is 2.30. The minimum absolute atomic E-state index is 0.414. The largest absolute Gasteiger partial charge is 0.319 e. The summed E-state index contributed by atoms with van der Waals surface area (Å²) < 4.78 is 28.6. The zero-order valence-electron chi connectivity index (χ0n) is 12.4. The van der Waals surface area contributed by atoms with Crippen molar-refractivity contribution in [2.24, 2.45) is 5.92 Å². The third kappa shape index (κ3) is 3.16. The van der Waals surface area contributed by atoms with Gasteiger partial charge in [0.15, 0.2) is 0 Å². The molecular weight excluding hydrogens is 340 g/mol. The van der Waals surface area contributed by atoms with E-state index in [1.165, 1.54) is 11.3 Å². The molecule has 1 aliphatic rings. The highest BCUT2D eigenvalue weighted by atomic mass is 35.5. The van der Waals surface area contributed by atoms with Gasteiger partial charge >= 0.3 is 0 Å². The van der Waals surface area contributed by atoms with Crippen LogP contribution in [0.3, 0.4) is 0 Å². The number of hydrogen-bond acceptors (Lipinski definition) is 4. The highest BCUT2D eigenvalue weighted by molar-refractivity contribution is 7.91. The molecule has 1 aromatic heterocycles. The maximum atomic E-state index is 12.8. The Bertz CT molecular complexity index is 765. The molecule has 1 aromatic carbocycles. The van der Waals surface area contributed by atoms with Crippen LogP contribution in [0, 0.1) is 5.92 Å². The van der Waals surface area contributed by atoms with E-state index in [1.54, 1.807) is 16.4 Å². The normalized spacial score (nSPS) is 18.1. The Morgan fingerprint density at radius 1 is 1.32 bits per heavy atom. The number of halogens is 1. The predicted molar refractivity (Wildman–Crippen MR) is 92.2 cm³/mol. The summed E-state index contributed by atoms with van der Waals surface area (Å²) in [6.07, 6.45) is 1.83. The average molecular weight is 359 g/mol. The number of fused-ring (bicyclic) bond motifs is 1. The maximum Gasteiger partial charge on any atom is 0.252 e. The molecule has 1 N–H and O–H groups in total. The molecular formula is C15H19ClN2O2S2. The number of rotatable bonds is 4. The van der Waals surface area contributed by atoms with E-state index < -0.39 is 10.0 Å². The topological polar surface area (TPSA) is 49.4 Å². The molecule has 4 nitrogen and oxygen atoms in total. The second-order valence-electron chi connectivity index (χ2n) is 5.65. The lowest BCUT2D eigenvalue weighted by atomic mass is 9.98. The van der Waals surface area contributed by atoms with E-state index in [4.69, 9.17) is 11.6 Å². The van der Waals surface area contributed by atoms with Gasteiger partial charge in [-0.25, -0.2) is 8.42 Å². The van der Waals surface area contributed by atoms with Crippen molar-refractivity contribution in [3.8, 4) is 0 Å². The minimum atomic E-state index is -3.39. The summed E-state index contributed by atoms with van der Waals surface area (Å²) >= 11 is 7.29. The number of sulfonamides is 1. The lowest BCUT2D eigenvalue weighted by Crippen LogP contribution is -2.40. The van der Waals surface area contributed by atoms with Crippen molar-refractivity contribution >= 4 is 43.0 Å². The molecule has 0 bridgehead atoms. The van der Waals surface area contributed by atoms with E-state index >= 15 is 0 Å². The Kier molecular flexibility index (Phi) is 4.75. The van der Waals surface area contributed by atoms with Crippen LogP contribution in [0.25, 0.3) is 10.1 Å². The quantitative estimate of drug-likeness (QED) is 0.913. The Morgan fingerprint density at radius 3 is 2.73 bits per heavy atom. The second kappa shape index (κ2) is 6.45. The summed E-state index contributed by atoms with van der Waals surface area (Å²) in [4.78, 5) is 0. The highest BCUT2D eigenvalue weighted by Crippen LogP contribution is 2.33. The van der Waals surface area contributed by atoms with E-state index in [-0.39, 0.29) is 0 Å².